The van der Waals surface area contributed by atoms with Crippen LogP contribution in [0.4, 0.5) is 11.4 Å². The van der Waals surface area contributed by atoms with Crippen LogP contribution in [-0.4, -0.2) is 28.6 Å². The SMILES string of the molecule is COc1ccc(S(=O)(=O)N2CCNc3ccccc32)cc1C. The van der Waals surface area contributed by atoms with Gasteiger partial charge in [-0.15, -0.1) is 0 Å². The van der Waals surface area contributed by atoms with Crippen molar-refractivity contribution < 1.29 is 13.2 Å². The molecular formula is C16H18N2O3S. The predicted molar refractivity (Wildman–Crippen MR) is 87.2 cm³/mol. The minimum absolute atomic E-state index is 0.280. The zero-order chi connectivity index (χ0) is 15.7. The number of aryl methyl sites for hydroxylation is 1. The van der Waals surface area contributed by atoms with Crippen molar-refractivity contribution in [2.75, 3.05) is 29.8 Å². The molecule has 1 aliphatic rings. The summed E-state index contributed by atoms with van der Waals surface area (Å²) in [5.41, 5.74) is 2.32. The molecule has 0 aliphatic carbocycles. The Morgan fingerprint density at radius 1 is 1.18 bits per heavy atom. The van der Waals surface area contributed by atoms with Gasteiger partial charge in [-0.1, -0.05) is 12.1 Å². The molecule has 1 heterocycles. The number of methoxy groups -OCH3 is 1. The molecule has 2 aromatic carbocycles. The van der Waals surface area contributed by atoms with Gasteiger partial charge in [-0.25, -0.2) is 8.42 Å². The minimum atomic E-state index is -3.59. The van der Waals surface area contributed by atoms with E-state index in [9.17, 15) is 8.42 Å². The van der Waals surface area contributed by atoms with Gasteiger partial charge in [0.15, 0.2) is 0 Å². The molecule has 1 N–H and O–H groups in total. The number of para-hydroxylation sites is 2. The van der Waals surface area contributed by atoms with E-state index >= 15 is 0 Å². The lowest BCUT2D eigenvalue weighted by Crippen LogP contribution is -2.38. The lowest BCUT2D eigenvalue weighted by Gasteiger charge is -2.31. The fourth-order valence-electron chi connectivity index (χ4n) is 2.64. The van der Waals surface area contributed by atoms with E-state index < -0.39 is 10.0 Å². The smallest absolute Gasteiger partial charge is 0.264 e. The van der Waals surface area contributed by atoms with Crippen molar-refractivity contribution in [1.82, 2.24) is 0 Å². The van der Waals surface area contributed by atoms with Crippen molar-refractivity contribution in [1.29, 1.82) is 0 Å². The van der Waals surface area contributed by atoms with Crippen LogP contribution in [0.2, 0.25) is 0 Å². The lowest BCUT2D eigenvalue weighted by atomic mass is 10.2. The van der Waals surface area contributed by atoms with Crippen LogP contribution in [0.15, 0.2) is 47.4 Å². The lowest BCUT2D eigenvalue weighted by molar-refractivity contribution is 0.411. The van der Waals surface area contributed by atoms with Crippen LogP contribution >= 0.6 is 0 Å². The number of anilines is 2. The molecule has 116 valence electrons. The standard InChI is InChI=1S/C16H18N2O3S/c1-12-11-13(7-8-16(12)21-2)22(19,20)18-10-9-17-14-5-3-4-6-15(14)18/h3-8,11,17H,9-10H2,1-2H3. The van der Waals surface area contributed by atoms with Crippen LogP contribution in [-0.2, 0) is 10.0 Å². The van der Waals surface area contributed by atoms with E-state index in [1.54, 1.807) is 25.3 Å². The van der Waals surface area contributed by atoms with Gasteiger partial charge in [0.1, 0.15) is 5.75 Å². The molecule has 0 saturated carbocycles. The average molecular weight is 318 g/mol. The second-order valence-corrected chi connectivity index (χ2v) is 7.01. The van der Waals surface area contributed by atoms with Gasteiger partial charge in [0.25, 0.3) is 10.0 Å². The highest BCUT2D eigenvalue weighted by Gasteiger charge is 2.29. The van der Waals surface area contributed by atoms with E-state index in [1.165, 1.54) is 4.31 Å². The van der Waals surface area contributed by atoms with Gasteiger partial charge in [0.2, 0.25) is 0 Å². The number of fused-ring (bicyclic) bond motifs is 1. The summed E-state index contributed by atoms with van der Waals surface area (Å²) >= 11 is 0. The molecule has 6 heteroatoms. The number of nitrogens with zero attached hydrogens (tertiary/aromatic N) is 1. The van der Waals surface area contributed by atoms with Crippen LogP contribution in [0, 0.1) is 6.92 Å². The molecular weight excluding hydrogens is 300 g/mol. The molecule has 2 aromatic rings. The summed E-state index contributed by atoms with van der Waals surface area (Å²) in [5, 5.41) is 3.22. The first-order chi connectivity index (χ1) is 10.5. The van der Waals surface area contributed by atoms with E-state index in [1.807, 2.05) is 31.2 Å². The topological polar surface area (TPSA) is 58.6 Å². The summed E-state index contributed by atoms with van der Waals surface area (Å²) in [5.74, 6) is 0.680. The summed E-state index contributed by atoms with van der Waals surface area (Å²) in [4.78, 5) is 0.280. The predicted octanol–water partition coefficient (Wildman–Crippen LogP) is 2.62. The normalized spacial score (nSPS) is 14.2. The maximum absolute atomic E-state index is 13.0. The zero-order valence-corrected chi connectivity index (χ0v) is 13.4. The number of rotatable bonds is 3. The molecule has 3 rings (SSSR count). The van der Waals surface area contributed by atoms with Crippen molar-refractivity contribution in [3.05, 3.63) is 48.0 Å². The fourth-order valence-corrected chi connectivity index (χ4v) is 4.21. The molecule has 0 radical (unpaired) electrons. The molecule has 0 amide bonds. The van der Waals surface area contributed by atoms with Crippen LogP contribution in [0.3, 0.4) is 0 Å². The first kappa shape index (κ1) is 14.7. The van der Waals surface area contributed by atoms with Crippen molar-refractivity contribution in [3.8, 4) is 5.75 Å². The Bertz CT molecular complexity index is 803. The summed E-state index contributed by atoms with van der Waals surface area (Å²) in [6, 6.07) is 12.4. The van der Waals surface area contributed by atoms with Gasteiger partial charge in [0.05, 0.1) is 29.9 Å². The second kappa shape index (κ2) is 5.53. The summed E-state index contributed by atoms with van der Waals surface area (Å²) in [7, 11) is -2.01. The highest BCUT2D eigenvalue weighted by Crippen LogP contribution is 2.33. The Morgan fingerprint density at radius 2 is 1.95 bits per heavy atom. The molecule has 1 aliphatic heterocycles. The van der Waals surface area contributed by atoms with Crippen LogP contribution in [0.1, 0.15) is 5.56 Å². The van der Waals surface area contributed by atoms with Gasteiger partial charge in [-0.2, -0.15) is 0 Å². The highest BCUT2D eigenvalue weighted by molar-refractivity contribution is 7.92. The van der Waals surface area contributed by atoms with Gasteiger partial charge >= 0.3 is 0 Å². The Balaban J connectivity index is 2.06. The Morgan fingerprint density at radius 3 is 2.68 bits per heavy atom. The summed E-state index contributed by atoms with van der Waals surface area (Å²) in [6.45, 7) is 2.83. The van der Waals surface area contributed by atoms with Gasteiger partial charge < -0.3 is 10.1 Å². The fraction of sp³-hybridized carbons (Fsp3) is 0.250. The summed E-state index contributed by atoms with van der Waals surface area (Å²) in [6.07, 6.45) is 0. The number of hydrogen-bond acceptors (Lipinski definition) is 4. The Labute approximate surface area is 130 Å². The van der Waals surface area contributed by atoms with Crippen LogP contribution in [0.25, 0.3) is 0 Å². The third-order valence-electron chi connectivity index (χ3n) is 3.76. The maximum Gasteiger partial charge on any atom is 0.264 e. The average Bonchev–Trinajstić information content (AvgIpc) is 2.54. The van der Waals surface area contributed by atoms with E-state index in [2.05, 4.69) is 5.32 Å². The molecule has 5 nitrogen and oxygen atoms in total. The molecule has 0 bridgehead atoms. The molecule has 0 spiro atoms. The Kier molecular flexibility index (Phi) is 3.70. The van der Waals surface area contributed by atoms with Gasteiger partial charge in [-0.05, 0) is 42.8 Å². The van der Waals surface area contributed by atoms with Crippen molar-refractivity contribution in [3.63, 3.8) is 0 Å². The van der Waals surface area contributed by atoms with Gasteiger partial charge in [-0.3, -0.25) is 4.31 Å². The van der Waals surface area contributed by atoms with E-state index in [-0.39, 0.29) is 4.90 Å². The van der Waals surface area contributed by atoms with Crippen molar-refractivity contribution >= 4 is 21.4 Å². The van der Waals surface area contributed by atoms with Crippen LogP contribution < -0.4 is 14.4 Å². The zero-order valence-electron chi connectivity index (χ0n) is 12.5. The second-order valence-electron chi connectivity index (χ2n) is 5.15. The molecule has 0 atom stereocenters. The molecule has 0 fully saturated rings. The first-order valence-electron chi connectivity index (χ1n) is 7.04. The quantitative estimate of drug-likeness (QED) is 0.945. The number of hydrogen-bond donors (Lipinski definition) is 1. The first-order valence-corrected chi connectivity index (χ1v) is 8.48. The molecule has 0 unspecified atom stereocenters. The van der Waals surface area contributed by atoms with E-state index in [0.29, 0.717) is 24.5 Å². The van der Waals surface area contributed by atoms with Gasteiger partial charge in [0, 0.05) is 6.54 Å². The molecule has 0 saturated heterocycles. The minimum Gasteiger partial charge on any atom is -0.496 e. The number of nitrogens with one attached hydrogen (secondary N) is 1. The van der Waals surface area contributed by atoms with Crippen LogP contribution in [0.5, 0.6) is 5.75 Å². The summed E-state index contributed by atoms with van der Waals surface area (Å²) < 4.78 is 32.6. The third kappa shape index (κ3) is 2.39. The molecule has 0 aromatic heterocycles. The van der Waals surface area contributed by atoms with E-state index in [0.717, 1.165) is 11.3 Å². The monoisotopic (exact) mass is 318 g/mol. The molecule has 22 heavy (non-hydrogen) atoms. The largest absolute Gasteiger partial charge is 0.496 e. The number of sulfonamides is 1. The maximum atomic E-state index is 13.0. The van der Waals surface area contributed by atoms with Crippen molar-refractivity contribution in [2.45, 2.75) is 11.8 Å². The number of benzene rings is 2. The third-order valence-corrected chi connectivity index (χ3v) is 5.57. The van der Waals surface area contributed by atoms with E-state index in [4.69, 9.17) is 4.74 Å². The Hall–Kier alpha value is -2.21. The number of ether oxygens (including phenoxy) is 1. The highest BCUT2D eigenvalue weighted by atomic mass is 32.2. The van der Waals surface area contributed by atoms with Crippen molar-refractivity contribution in [2.24, 2.45) is 0 Å².